The minimum Gasteiger partial charge on any atom is -0.382 e. The summed E-state index contributed by atoms with van der Waals surface area (Å²) in [5.41, 5.74) is 4.99. The van der Waals surface area contributed by atoms with E-state index in [0.29, 0.717) is 24.6 Å². The van der Waals surface area contributed by atoms with Gasteiger partial charge in [-0.3, -0.25) is 4.90 Å². The van der Waals surface area contributed by atoms with Crippen LogP contribution in [0.15, 0.2) is 30.5 Å². The Balaban J connectivity index is 1.45. The summed E-state index contributed by atoms with van der Waals surface area (Å²) >= 11 is 0. The first-order valence-corrected chi connectivity index (χ1v) is 13.6. The third kappa shape index (κ3) is 6.25. The van der Waals surface area contributed by atoms with E-state index in [1.54, 1.807) is 6.20 Å². The highest BCUT2D eigenvalue weighted by atomic mass is 19.3. The van der Waals surface area contributed by atoms with Crippen molar-refractivity contribution in [1.29, 1.82) is 0 Å². The molecule has 5 rings (SSSR count). The number of halogens is 2. The maximum Gasteiger partial charge on any atom is 0.248 e. The number of aromatic nitrogens is 6. The van der Waals surface area contributed by atoms with Crippen LogP contribution in [0, 0.1) is 5.92 Å². The Kier molecular flexibility index (Phi) is 7.83. The zero-order chi connectivity index (χ0) is 26.7. The van der Waals surface area contributed by atoms with Gasteiger partial charge in [0.25, 0.3) is 0 Å². The molecule has 9 nitrogen and oxygen atoms in total. The molecule has 1 atom stereocenters. The molecule has 204 valence electrons. The molecule has 0 radical (unpaired) electrons. The van der Waals surface area contributed by atoms with Crippen molar-refractivity contribution in [3.8, 4) is 11.4 Å². The van der Waals surface area contributed by atoms with Crippen molar-refractivity contribution < 1.29 is 8.78 Å². The van der Waals surface area contributed by atoms with Gasteiger partial charge in [0.2, 0.25) is 11.7 Å². The van der Waals surface area contributed by atoms with E-state index in [9.17, 15) is 8.78 Å². The first-order valence-electron chi connectivity index (χ1n) is 13.6. The van der Waals surface area contributed by atoms with E-state index in [0.717, 1.165) is 55.2 Å². The molecule has 3 aromatic rings. The number of piperazine rings is 1. The number of tetrazole rings is 1. The third-order valence-electron chi connectivity index (χ3n) is 7.57. The van der Waals surface area contributed by atoms with Crippen LogP contribution in [0.4, 0.5) is 20.2 Å². The lowest BCUT2D eigenvalue weighted by atomic mass is 9.91. The van der Waals surface area contributed by atoms with Crippen LogP contribution < -0.4 is 10.2 Å². The lowest BCUT2D eigenvalue weighted by Crippen LogP contribution is -2.51. The molecule has 1 aromatic carbocycles. The maximum atomic E-state index is 13.9. The van der Waals surface area contributed by atoms with Crippen molar-refractivity contribution in [2.45, 2.75) is 77.4 Å². The fourth-order valence-corrected chi connectivity index (χ4v) is 5.62. The van der Waals surface area contributed by atoms with Crippen molar-refractivity contribution in [2.24, 2.45) is 5.92 Å². The quantitative estimate of drug-likeness (QED) is 0.442. The first-order chi connectivity index (χ1) is 18.3. The Hall–Kier alpha value is -3.21. The van der Waals surface area contributed by atoms with E-state index in [-0.39, 0.29) is 24.9 Å². The van der Waals surface area contributed by atoms with Crippen LogP contribution in [0.1, 0.15) is 57.7 Å². The van der Waals surface area contributed by atoms with Gasteiger partial charge in [0.1, 0.15) is 0 Å². The molecule has 2 N–H and O–H groups in total. The Bertz CT molecular complexity index is 1180. The summed E-state index contributed by atoms with van der Waals surface area (Å²) in [7, 11) is 0. The highest BCUT2D eigenvalue weighted by Gasteiger charge is 2.35. The number of hydrogen-bond donors (Lipinski definition) is 2. The van der Waals surface area contributed by atoms with E-state index < -0.39 is 5.92 Å². The van der Waals surface area contributed by atoms with Gasteiger partial charge >= 0.3 is 0 Å². The summed E-state index contributed by atoms with van der Waals surface area (Å²) in [5, 5.41) is 27.0. The van der Waals surface area contributed by atoms with E-state index in [2.05, 4.69) is 78.8 Å². The summed E-state index contributed by atoms with van der Waals surface area (Å²) in [6, 6.07) is 8.59. The number of H-pyrrole nitrogens is 1. The SMILES string of the molecule is CC(C)Cc1cc(NC2CCC(F)(F)CC2)c(-c2nn[nH]n2)c(N2CCN(Cc3cccnn3)[C@@H](C)C2)c1. The first kappa shape index (κ1) is 26.4. The largest absolute Gasteiger partial charge is 0.382 e. The fraction of sp³-hybridized carbons (Fsp3) is 0.593. The smallest absolute Gasteiger partial charge is 0.248 e. The molecule has 1 saturated heterocycles. The summed E-state index contributed by atoms with van der Waals surface area (Å²) in [5.74, 6) is -1.59. The Morgan fingerprint density at radius 2 is 1.97 bits per heavy atom. The molecule has 0 amide bonds. The second-order valence-corrected chi connectivity index (χ2v) is 11.1. The van der Waals surface area contributed by atoms with Crippen LogP contribution >= 0.6 is 0 Å². The normalized spacial score (nSPS) is 20.7. The lowest BCUT2D eigenvalue weighted by molar-refractivity contribution is -0.0360. The number of anilines is 2. The van der Waals surface area contributed by atoms with Crippen molar-refractivity contribution in [3.63, 3.8) is 0 Å². The van der Waals surface area contributed by atoms with Crippen LogP contribution in [-0.4, -0.2) is 73.4 Å². The summed E-state index contributed by atoms with van der Waals surface area (Å²) in [4.78, 5) is 4.82. The summed E-state index contributed by atoms with van der Waals surface area (Å²) in [6.07, 6.45) is 3.29. The van der Waals surface area contributed by atoms with Crippen LogP contribution in [0.25, 0.3) is 11.4 Å². The number of rotatable bonds is 8. The second-order valence-electron chi connectivity index (χ2n) is 11.1. The highest BCUT2D eigenvalue weighted by Crippen LogP contribution is 2.41. The zero-order valence-corrected chi connectivity index (χ0v) is 22.4. The number of nitrogens with zero attached hydrogens (tertiary/aromatic N) is 7. The van der Waals surface area contributed by atoms with Crippen LogP contribution in [0.5, 0.6) is 0 Å². The number of nitrogens with one attached hydrogen (secondary N) is 2. The molecule has 2 fully saturated rings. The van der Waals surface area contributed by atoms with E-state index >= 15 is 0 Å². The topological polar surface area (TPSA) is 98.8 Å². The van der Waals surface area contributed by atoms with Crippen LogP contribution in [-0.2, 0) is 13.0 Å². The van der Waals surface area contributed by atoms with Gasteiger partial charge in [-0.1, -0.05) is 13.8 Å². The second kappa shape index (κ2) is 11.3. The zero-order valence-electron chi connectivity index (χ0n) is 22.4. The molecular formula is C27H37F2N9. The predicted molar refractivity (Wildman–Crippen MR) is 143 cm³/mol. The number of benzene rings is 1. The maximum absolute atomic E-state index is 13.9. The number of alkyl halides is 2. The minimum atomic E-state index is -2.57. The third-order valence-corrected chi connectivity index (χ3v) is 7.57. The molecular weight excluding hydrogens is 488 g/mol. The Morgan fingerprint density at radius 1 is 1.16 bits per heavy atom. The molecule has 1 saturated carbocycles. The molecule has 3 heterocycles. The summed E-state index contributed by atoms with van der Waals surface area (Å²) in [6.45, 7) is 9.93. The molecule has 38 heavy (non-hydrogen) atoms. The average Bonchev–Trinajstić information content (AvgIpc) is 3.41. The molecule has 11 heteroatoms. The monoisotopic (exact) mass is 525 g/mol. The van der Waals surface area contributed by atoms with Crippen LogP contribution in [0.3, 0.4) is 0 Å². The standard InChI is InChI=1S/C27H37F2N9/c1-18(2)13-20-14-23(31-21-6-8-27(28,29)9-7-21)25(26-33-35-36-34-26)24(15-20)38-12-11-37(19(3)16-38)17-22-5-4-10-30-32-22/h4-5,10,14-15,18-19,21,31H,6-9,11-13,16-17H2,1-3H3,(H,33,34,35,36)/t19-/m0/s1. The van der Waals surface area contributed by atoms with E-state index in [4.69, 9.17) is 0 Å². The highest BCUT2D eigenvalue weighted by molar-refractivity contribution is 5.87. The fourth-order valence-electron chi connectivity index (χ4n) is 5.62. The number of hydrogen-bond acceptors (Lipinski definition) is 8. The average molecular weight is 526 g/mol. The molecule has 0 spiro atoms. The molecule has 2 aromatic heterocycles. The van der Waals surface area contributed by atoms with Gasteiger partial charge in [0.15, 0.2) is 0 Å². The van der Waals surface area contributed by atoms with Gasteiger partial charge in [-0.15, -0.1) is 10.2 Å². The molecule has 0 bridgehead atoms. The Labute approximate surface area is 222 Å². The van der Waals surface area contributed by atoms with Crippen LogP contribution in [0.2, 0.25) is 0 Å². The van der Waals surface area contributed by atoms with Gasteiger partial charge < -0.3 is 10.2 Å². The lowest BCUT2D eigenvalue weighted by Gasteiger charge is -2.41. The van der Waals surface area contributed by atoms with Crippen molar-refractivity contribution >= 4 is 11.4 Å². The van der Waals surface area contributed by atoms with Gasteiger partial charge in [-0.25, -0.2) is 8.78 Å². The molecule has 2 aliphatic rings. The van der Waals surface area contributed by atoms with Gasteiger partial charge in [0.05, 0.1) is 16.9 Å². The summed E-state index contributed by atoms with van der Waals surface area (Å²) < 4.78 is 27.7. The number of aromatic amines is 1. The van der Waals surface area contributed by atoms with Crippen molar-refractivity contribution in [2.75, 3.05) is 29.9 Å². The van der Waals surface area contributed by atoms with E-state index in [1.807, 2.05) is 12.1 Å². The van der Waals surface area contributed by atoms with Gasteiger partial charge in [-0.05, 0) is 67.1 Å². The molecule has 1 aliphatic heterocycles. The Morgan fingerprint density at radius 3 is 2.63 bits per heavy atom. The van der Waals surface area contributed by atoms with Crippen molar-refractivity contribution in [1.82, 2.24) is 35.7 Å². The van der Waals surface area contributed by atoms with E-state index in [1.165, 1.54) is 5.56 Å². The molecule has 1 aliphatic carbocycles. The predicted octanol–water partition coefficient (Wildman–Crippen LogP) is 4.56. The molecule has 0 unspecified atom stereocenters. The van der Waals surface area contributed by atoms with Crippen molar-refractivity contribution in [3.05, 3.63) is 41.7 Å². The van der Waals surface area contributed by atoms with Gasteiger partial charge in [0, 0.05) is 63.0 Å². The van der Waals surface area contributed by atoms with Gasteiger partial charge in [-0.2, -0.15) is 15.4 Å². The minimum absolute atomic E-state index is 0.0230.